The molecular weight excluding hydrogens is 290 g/mol. The maximum Gasteiger partial charge on any atom is 0.246 e. The van der Waals surface area contributed by atoms with Crippen LogP contribution in [0.25, 0.3) is 6.08 Å². The van der Waals surface area contributed by atoms with Crippen LogP contribution < -0.4 is 4.74 Å². The molecular formula is C19H19NO3. The van der Waals surface area contributed by atoms with E-state index in [1.165, 1.54) is 0 Å². The fourth-order valence-electron chi connectivity index (χ4n) is 2.33. The van der Waals surface area contributed by atoms with Crippen molar-refractivity contribution in [2.24, 2.45) is 0 Å². The molecule has 0 aliphatic carbocycles. The summed E-state index contributed by atoms with van der Waals surface area (Å²) in [6, 6.07) is 17.3. The van der Waals surface area contributed by atoms with E-state index in [2.05, 4.69) is 0 Å². The topological polar surface area (TPSA) is 38.8 Å². The van der Waals surface area contributed by atoms with Gasteiger partial charge in [0.1, 0.15) is 11.5 Å². The van der Waals surface area contributed by atoms with E-state index < -0.39 is 0 Å². The Morgan fingerprint density at radius 1 is 0.957 bits per heavy atom. The fraction of sp³-hybridized carbons (Fsp3) is 0.211. The van der Waals surface area contributed by atoms with E-state index in [0.29, 0.717) is 26.3 Å². The van der Waals surface area contributed by atoms with Gasteiger partial charge in [-0.2, -0.15) is 0 Å². The van der Waals surface area contributed by atoms with Crippen LogP contribution in [0, 0.1) is 0 Å². The zero-order valence-electron chi connectivity index (χ0n) is 12.9. The van der Waals surface area contributed by atoms with Gasteiger partial charge in [0.25, 0.3) is 0 Å². The Labute approximate surface area is 135 Å². The summed E-state index contributed by atoms with van der Waals surface area (Å²) >= 11 is 0. The Morgan fingerprint density at radius 3 is 2.30 bits per heavy atom. The maximum atomic E-state index is 12.0. The van der Waals surface area contributed by atoms with Gasteiger partial charge < -0.3 is 14.4 Å². The first-order chi connectivity index (χ1) is 11.3. The minimum absolute atomic E-state index is 0.0258. The highest BCUT2D eigenvalue weighted by Gasteiger charge is 2.13. The van der Waals surface area contributed by atoms with Gasteiger partial charge in [-0.25, -0.2) is 0 Å². The van der Waals surface area contributed by atoms with E-state index in [-0.39, 0.29) is 5.91 Å². The van der Waals surface area contributed by atoms with Crippen molar-refractivity contribution in [2.75, 3.05) is 26.3 Å². The molecule has 0 unspecified atom stereocenters. The number of carbonyl (C=O) groups is 1. The van der Waals surface area contributed by atoms with E-state index in [9.17, 15) is 4.79 Å². The average molecular weight is 309 g/mol. The summed E-state index contributed by atoms with van der Waals surface area (Å²) in [4.78, 5) is 13.8. The van der Waals surface area contributed by atoms with Crippen LogP contribution in [0.5, 0.6) is 11.5 Å². The first kappa shape index (κ1) is 15.3. The Bertz CT molecular complexity index is 659. The lowest BCUT2D eigenvalue weighted by Crippen LogP contribution is -2.39. The van der Waals surface area contributed by atoms with Crippen LogP contribution in [0.2, 0.25) is 0 Å². The van der Waals surface area contributed by atoms with Gasteiger partial charge in [-0.3, -0.25) is 4.79 Å². The molecule has 118 valence electrons. The molecule has 1 saturated heterocycles. The van der Waals surface area contributed by atoms with Crippen molar-refractivity contribution in [1.82, 2.24) is 4.90 Å². The number of hydrogen-bond donors (Lipinski definition) is 0. The molecule has 0 N–H and O–H groups in total. The molecule has 0 bridgehead atoms. The molecule has 4 heteroatoms. The first-order valence-electron chi connectivity index (χ1n) is 7.69. The van der Waals surface area contributed by atoms with Crippen LogP contribution in [0.4, 0.5) is 0 Å². The normalized spacial score (nSPS) is 14.9. The molecule has 1 heterocycles. The number of rotatable bonds is 4. The SMILES string of the molecule is O=C(/C=C/c1ccc(Oc2ccccc2)cc1)N1CCOCC1. The lowest BCUT2D eigenvalue weighted by atomic mass is 10.2. The molecule has 0 radical (unpaired) electrons. The van der Waals surface area contributed by atoms with Crippen LogP contribution in [0.3, 0.4) is 0 Å². The number of morpholine rings is 1. The van der Waals surface area contributed by atoms with E-state index in [1.54, 1.807) is 11.0 Å². The van der Waals surface area contributed by atoms with Gasteiger partial charge in [0.05, 0.1) is 13.2 Å². The highest BCUT2D eigenvalue weighted by Crippen LogP contribution is 2.21. The molecule has 3 rings (SSSR count). The van der Waals surface area contributed by atoms with E-state index in [1.807, 2.05) is 60.7 Å². The lowest BCUT2D eigenvalue weighted by Gasteiger charge is -2.25. The molecule has 2 aromatic rings. The summed E-state index contributed by atoms with van der Waals surface area (Å²) in [6.07, 6.45) is 3.43. The molecule has 1 amide bonds. The quantitative estimate of drug-likeness (QED) is 0.813. The monoisotopic (exact) mass is 309 g/mol. The highest BCUT2D eigenvalue weighted by atomic mass is 16.5. The van der Waals surface area contributed by atoms with Gasteiger partial charge in [-0.1, -0.05) is 30.3 Å². The van der Waals surface area contributed by atoms with Crippen molar-refractivity contribution in [2.45, 2.75) is 0 Å². The van der Waals surface area contributed by atoms with Crippen molar-refractivity contribution in [3.8, 4) is 11.5 Å². The Kier molecular flexibility index (Phi) is 5.06. The smallest absolute Gasteiger partial charge is 0.246 e. The largest absolute Gasteiger partial charge is 0.457 e. The number of benzene rings is 2. The number of hydrogen-bond acceptors (Lipinski definition) is 3. The first-order valence-corrected chi connectivity index (χ1v) is 7.69. The molecule has 0 atom stereocenters. The van der Waals surface area contributed by atoms with Crippen LogP contribution in [0.1, 0.15) is 5.56 Å². The van der Waals surface area contributed by atoms with Crippen molar-refractivity contribution in [1.29, 1.82) is 0 Å². The summed E-state index contributed by atoms with van der Waals surface area (Å²) in [5.41, 5.74) is 0.965. The summed E-state index contributed by atoms with van der Waals surface area (Å²) in [7, 11) is 0. The van der Waals surface area contributed by atoms with Crippen molar-refractivity contribution < 1.29 is 14.3 Å². The van der Waals surface area contributed by atoms with Crippen LogP contribution in [-0.4, -0.2) is 37.1 Å². The second kappa shape index (κ2) is 7.61. The van der Waals surface area contributed by atoms with Crippen LogP contribution >= 0.6 is 0 Å². The van der Waals surface area contributed by atoms with E-state index >= 15 is 0 Å². The molecule has 2 aromatic carbocycles. The molecule has 23 heavy (non-hydrogen) atoms. The predicted molar refractivity (Wildman–Crippen MR) is 89.4 cm³/mol. The number of para-hydroxylation sites is 1. The minimum atomic E-state index is 0.0258. The average Bonchev–Trinajstić information content (AvgIpc) is 2.62. The Balaban J connectivity index is 1.58. The minimum Gasteiger partial charge on any atom is -0.457 e. The van der Waals surface area contributed by atoms with Crippen molar-refractivity contribution >= 4 is 12.0 Å². The molecule has 0 spiro atoms. The zero-order valence-corrected chi connectivity index (χ0v) is 12.9. The number of carbonyl (C=O) groups excluding carboxylic acids is 1. The third-order valence-corrected chi connectivity index (χ3v) is 3.60. The van der Waals surface area contributed by atoms with Gasteiger partial charge in [-0.15, -0.1) is 0 Å². The van der Waals surface area contributed by atoms with E-state index in [0.717, 1.165) is 17.1 Å². The zero-order chi connectivity index (χ0) is 15.9. The molecule has 1 fully saturated rings. The second-order valence-electron chi connectivity index (χ2n) is 5.26. The maximum absolute atomic E-state index is 12.0. The highest BCUT2D eigenvalue weighted by molar-refractivity contribution is 5.91. The van der Waals surface area contributed by atoms with Crippen LogP contribution in [-0.2, 0) is 9.53 Å². The van der Waals surface area contributed by atoms with Gasteiger partial charge in [0, 0.05) is 19.2 Å². The van der Waals surface area contributed by atoms with Gasteiger partial charge in [0.2, 0.25) is 5.91 Å². The van der Waals surface area contributed by atoms with Gasteiger partial charge >= 0.3 is 0 Å². The summed E-state index contributed by atoms with van der Waals surface area (Å²) in [5.74, 6) is 1.60. The number of ether oxygens (including phenoxy) is 2. The molecule has 1 aliphatic heterocycles. The number of nitrogens with zero attached hydrogens (tertiary/aromatic N) is 1. The Hall–Kier alpha value is -2.59. The summed E-state index contributed by atoms with van der Waals surface area (Å²) in [6.45, 7) is 2.55. The molecule has 0 aromatic heterocycles. The lowest BCUT2D eigenvalue weighted by molar-refractivity contribution is -0.129. The van der Waals surface area contributed by atoms with Gasteiger partial charge in [0.15, 0.2) is 0 Å². The summed E-state index contributed by atoms with van der Waals surface area (Å²) < 4.78 is 11.0. The standard InChI is InChI=1S/C19H19NO3/c21-19(20-12-14-22-15-13-20)11-8-16-6-9-18(10-7-16)23-17-4-2-1-3-5-17/h1-11H,12-15H2/b11-8+. The molecule has 0 saturated carbocycles. The second-order valence-corrected chi connectivity index (χ2v) is 5.26. The van der Waals surface area contributed by atoms with Crippen molar-refractivity contribution in [3.63, 3.8) is 0 Å². The third kappa shape index (κ3) is 4.44. The molecule has 4 nitrogen and oxygen atoms in total. The molecule has 1 aliphatic rings. The predicted octanol–water partition coefficient (Wildman–Crippen LogP) is 3.35. The van der Waals surface area contributed by atoms with Gasteiger partial charge in [-0.05, 0) is 35.9 Å². The van der Waals surface area contributed by atoms with Crippen LogP contribution in [0.15, 0.2) is 60.7 Å². The van der Waals surface area contributed by atoms with Crippen molar-refractivity contribution in [3.05, 3.63) is 66.2 Å². The van der Waals surface area contributed by atoms with E-state index in [4.69, 9.17) is 9.47 Å². The Morgan fingerprint density at radius 2 is 1.61 bits per heavy atom. The fourth-order valence-corrected chi connectivity index (χ4v) is 2.33. The number of amides is 1. The third-order valence-electron chi connectivity index (χ3n) is 3.60. The summed E-state index contributed by atoms with van der Waals surface area (Å²) in [5, 5.41) is 0.